The first-order valence-corrected chi connectivity index (χ1v) is 11.3. The summed E-state index contributed by atoms with van der Waals surface area (Å²) in [4.78, 5) is 6.73. The highest BCUT2D eigenvalue weighted by Crippen LogP contribution is 2.26. The second-order valence-corrected chi connectivity index (χ2v) is 10.6. The molecule has 0 aromatic heterocycles. The van der Waals surface area contributed by atoms with Gasteiger partial charge in [-0.25, -0.2) is 8.42 Å². The number of nitrogens with one attached hydrogen (secondary N) is 1. The summed E-state index contributed by atoms with van der Waals surface area (Å²) >= 11 is 0. The lowest BCUT2D eigenvalue weighted by Crippen LogP contribution is -2.57. The van der Waals surface area contributed by atoms with Gasteiger partial charge in [-0.05, 0) is 39.5 Å². The number of sulfone groups is 1. The van der Waals surface area contributed by atoms with Crippen LogP contribution in [-0.4, -0.2) is 68.7 Å². The molecule has 2 aliphatic rings. The first kappa shape index (κ1) is 23.9. The van der Waals surface area contributed by atoms with Crippen molar-refractivity contribution in [3.05, 3.63) is 0 Å². The van der Waals surface area contributed by atoms with E-state index < -0.39 is 14.6 Å². The summed E-state index contributed by atoms with van der Waals surface area (Å²) in [5, 5.41) is 3.29. The van der Waals surface area contributed by atoms with Crippen LogP contribution in [0.4, 0.5) is 0 Å². The number of halogens is 1. The fourth-order valence-electron chi connectivity index (χ4n) is 3.64. The van der Waals surface area contributed by atoms with Crippen LogP contribution >= 0.6 is 24.0 Å². The maximum Gasteiger partial charge on any atom is 0.194 e. The lowest BCUT2D eigenvalue weighted by Gasteiger charge is -2.39. The average Bonchev–Trinajstić information content (AvgIpc) is 2.54. The summed E-state index contributed by atoms with van der Waals surface area (Å²) in [5.74, 6) is 1.62. The molecule has 0 radical (unpaired) electrons. The maximum atomic E-state index is 12.2. The van der Waals surface area contributed by atoms with E-state index in [-0.39, 0.29) is 29.7 Å². The van der Waals surface area contributed by atoms with Gasteiger partial charge in [0, 0.05) is 19.6 Å². The van der Waals surface area contributed by atoms with E-state index in [9.17, 15) is 8.42 Å². The zero-order valence-electron chi connectivity index (χ0n) is 16.7. The number of aliphatic imine (C=N–C) groups is 1. The van der Waals surface area contributed by atoms with Crippen LogP contribution in [0.2, 0.25) is 0 Å². The van der Waals surface area contributed by atoms with Gasteiger partial charge in [-0.15, -0.1) is 24.0 Å². The lowest BCUT2D eigenvalue weighted by molar-refractivity contribution is -0.000722. The van der Waals surface area contributed by atoms with Crippen LogP contribution in [-0.2, 0) is 14.6 Å². The highest BCUT2D eigenvalue weighted by Gasteiger charge is 2.40. The Balaban J connectivity index is 0.00000338. The molecule has 1 aliphatic carbocycles. The molecule has 1 saturated carbocycles. The number of guanidine groups is 1. The number of hydrogen-bond donors (Lipinski definition) is 1. The largest absolute Gasteiger partial charge is 0.376 e. The highest BCUT2D eigenvalue weighted by molar-refractivity contribution is 14.0. The molecule has 154 valence electrons. The summed E-state index contributed by atoms with van der Waals surface area (Å²) < 4.78 is 29.7. The van der Waals surface area contributed by atoms with Gasteiger partial charge in [-0.3, -0.25) is 4.99 Å². The number of rotatable bonds is 5. The Morgan fingerprint density at radius 1 is 1.31 bits per heavy atom. The van der Waals surface area contributed by atoms with E-state index >= 15 is 0 Å². The predicted molar refractivity (Wildman–Crippen MR) is 118 cm³/mol. The molecular weight excluding hydrogens is 465 g/mol. The van der Waals surface area contributed by atoms with Crippen molar-refractivity contribution < 1.29 is 13.2 Å². The Hall–Kier alpha value is -0.0900. The monoisotopic (exact) mass is 501 g/mol. The molecule has 2 atom stereocenters. The standard InChI is InChI=1S/C18H35N3O3S.HI/c1-5-19-17(21-11-13-25(22,23)18(3,4)14-21)20-10-12-24-16-9-7-6-8-15(16)2;/h15-16H,5-14H2,1-4H3,(H,19,20);1H. The smallest absolute Gasteiger partial charge is 0.194 e. The third-order valence-electron chi connectivity index (χ3n) is 5.40. The molecule has 0 bridgehead atoms. The second-order valence-electron chi connectivity index (χ2n) is 7.91. The SMILES string of the molecule is CCNC(=NCCOC1CCCCC1C)N1CCS(=O)(=O)C(C)(C)C1.I. The van der Waals surface area contributed by atoms with Crippen molar-refractivity contribution in [2.24, 2.45) is 10.9 Å². The van der Waals surface area contributed by atoms with Crippen molar-refractivity contribution in [3.63, 3.8) is 0 Å². The van der Waals surface area contributed by atoms with E-state index in [1.807, 2.05) is 6.92 Å². The Labute approximate surface area is 176 Å². The Bertz CT molecular complexity index is 566. The molecule has 0 aromatic rings. The fourth-order valence-corrected chi connectivity index (χ4v) is 5.00. The van der Waals surface area contributed by atoms with Gasteiger partial charge in [0.1, 0.15) is 0 Å². The normalized spacial score (nSPS) is 28.3. The van der Waals surface area contributed by atoms with Gasteiger partial charge in [-0.1, -0.05) is 19.8 Å². The Morgan fingerprint density at radius 3 is 2.62 bits per heavy atom. The molecule has 26 heavy (non-hydrogen) atoms. The van der Waals surface area contributed by atoms with E-state index in [0.29, 0.717) is 38.3 Å². The molecule has 0 amide bonds. The van der Waals surface area contributed by atoms with Crippen LogP contribution < -0.4 is 5.32 Å². The summed E-state index contributed by atoms with van der Waals surface area (Å²) in [7, 11) is -3.04. The Morgan fingerprint density at radius 2 is 2.00 bits per heavy atom. The number of nitrogens with zero attached hydrogens (tertiary/aromatic N) is 2. The van der Waals surface area contributed by atoms with Crippen molar-refractivity contribution in [1.29, 1.82) is 0 Å². The van der Waals surface area contributed by atoms with E-state index in [4.69, 9.17) is 4.74 Å². The maximum absolute atomic E-state index is 12.2. The van der Waals surface area contributed by atoms with Gasteiger partial charge < -0.3 is 15.0 Å². The summed E-state index contributed by atoms with van der Waals surface area (Å²) in [6.45, 7) is 10.9. The van der Waals surface area contributed by atoms with Crippen LogP contribution in [0.3, 0.4) is 0 Å². The fraction of sp³-hybridized carbons (Fsp3) is 0.944. The van der Waals surface area contributed by atoms with Gasteiger partial charge in [0.2, 0.25) is 0 Å². The molecule has 0 spiro atoms. The molecule has 1 heterocycles. The molecule has 1 N–H and O–H groups in total. The van der Waals surface area contributed by atoms with Crippen molar-refractivity contribution in [3.8, 4) is 0 Å². The molecule has 8 heteroatoms. The van der Waals surface area contributed by atoms with Gasteiger partial charge in [0.25, 0.3) is 0 Å². The van der Waals surface area contributed by atoms with E-state index in [2.05, 4.69) is 22.1 Å². The minimum Gasteiger partial charge on any atom is -0.376 e. The predicted octanol–water partition coefficient (Wildman–Crippen LogP) is 2.67. The van der Waals surface area contributed by atoms with Crippen LogP contribution in [0.25, 0.3) is 0 Å². The Kier molecular flexibility index (Phi) is 9.63. The summed E-state index contributed by atoms with van der Waals surface area (Å²) in [6, 6.07) is 0. The van der Waals surface area contributed by atoms with Gasteiger partial charge >= 0.3 is 0 Å². The van der Waals surface area contributed by atoms with Crippen LogP contribution in [0.1, 0.15) is 53.4 Å². The van der Waals surface area contributed by atoms with Crippen molar-refractivity contribution >= 4 is 39.8 Å². The topological polar surface area (TPSA) is 71.0 Å². The molecule has 2 fully saturated rings. The number of ether oxygens (including phenoxy) is 1. The minimum atomic E-state index is -3.04. The van der Waals surface area contributed by atoms with E-state index in [1.54, 1.807) is 13.8 Å². The zero-order chi connectivity index (χ0) is 18.5. The molecular formula is C18H36IN3O3S. The quantitative estimate of drug-likeness (QED) is 0.272. The second kappa shape index (κ2) is 10.5. The van der Waals surface area contributed by atoms with Gasteiger partial charge in [0.15, 0.2) is 15.8 Å². The van der Waals surface area contributed by atoms with Crippen LogP contribution in [0, 0.1) is 5.92 Å². The molecule has 0 aromatic carbocycles. The van der Waals surface area contributed by atoms with E-state index in [0.717, 1.165) is 18.9 Å². The zero-order valence-corrected chi connectivity index (χ0v) is 19.8. The van der Waals surface area contributed by atoms with Crippen molar-refractivity contribution in [1.82, 2.24) is 10.2 Å². The van der Waals surface area contributed by atoms with Gasteiger partial charge in [0.05, 0.1) is 29.8 Å². The first-order chi connectivity index (χ1) is 11.8. The third-order valence-corrected chi connectivity index (χ3v) is 7.93. The van der Waals surface area contributed by atoms with Crippen molar-refractivity contribution in [2.75, 3.05) is 38.5 Å². The van der Waals surface area contributed by atoms with Crippen LogP contribution in [0.15, 0.2) is 4.99 Å². The van der Waals surface area contributed by atoms with Crippen molar-refractivity contribution in [2.45, 2.75) is 64.2 Å². The van der Waals surface area contributed by atoms with E-state index in [1.165, 1.54) is 19.3 Å². The van der Waals surface area contributed by atoms with Crippen LogP contribution in [0.5, 0.6) is 0 Å². The molecule has 2 rings (SSSR count). The number of hydrogen-bond acceptors (Lipinski definition) is 4. The lowest BCUT2D eigenvalue weighted by atomic mass is 9.88. The van der Waals surface area contributed by atoms with Gasteiger partial charge in [-0.2, -0.15) is 0 Å². The molecule has 1 aliphatic heterocycles. The highest BCUT2D eigenvalue weighted by atomic mass is 127. The third kappa shape index (κ3) is 6.22. The summed E-state index contributed by atoms with van der Waals surface area (Å²) in [5.41, 5.74) is 0. The minimum absolute atomic E-state index is 0. The molecule has 6 nitrogen and oxygen atoms in total. The summed E-state index contributed by atoms with van der Waals surface area (Å²) in [6.07, 6.45) is 5.36. The molecule has 1 saturated heterocycles. The average molecular weight is 501 g/mol. The molecule has 2 unspecified atom stereocenters. The first-order valence-electron chi connectivity index (χ1n) is 9.64.